The number of H-pyrrole nitrogens is 1. The molecular weight excluding hydrogens is 380 g/mol. The summed E-state index contributed by atoms with van der Waals surface area (Å²) >= 11 is 0. The van der Waals surface area contributed by atoms with Gasteiger partial charge in [0, 0.05) is 28.9 Å². The van der Waals surface area contributed by atoms with E-state index in [2.05, 4.69) is 20.5 Å². The van der Waals surface area contributed by atoms with Crippen LogP contribution in [0.5, 0.6) is 0 Å². The molecule has 7 nitrogen and oxygen atoms in total. The lowest BCUT2D eigenvalue weighted by atomic mass is 10.0. The van der Waals surface area contributed by atoms with Gasteiger partial charge in [-0.15, -0.1) is 10.2 Å². The molecule has 0 bridgehead atoms. The number of azo groups is 1. The second-order valence-corrected chi connectivity index (χ2v) is 7.07. The van der Waals surface area contributed by atoms with E-state index in [0.717, 1.165) is 39.4 Å². The number of nitrogens with zero attached hydrogens (tertiary/aromatic N) is 2. The Labute approximate surface area is 175 Å². The first-order valence-electron chi connectivity index (χ1n) is 9.92. The van der Waals surface area contributed by atoms with Gasteiger partial charge >= 0.3 is 5.97 Å². The summed E-state index contributed by atoms with van der Waals surface area (Å²) in [5.41, 5.74) is 5.92. The molecule has 0 unspecified atom stereocenters. The third-order valence-corrected chi connectivity index (χ3v) is 5.25. The van der Waals surface area contributed by atoms with Gasteiger partial charge in [0.05, 0.1) is 12.8 Å². The first-order valence-corrected chi connectivity index (χ1v) is 9.92. The van der Waals surface area contributed by atoms with Crippen LogP contribution < -0.4 is 5.32 Å². The van der Waals surface area contributed by atoms with E-state index >= 15 is 0 Å². The Bertz CT molecular complexity index is 1050. The van der Waals surface area contributed by atoms with Crippen molar-refractivity contribution in [2.45, 2.75) is 40.0 Å². The fourth-order valence-corrected chi connectivity index (χ4v) is 3.44. The molecule has 1 aliphatic rings. The Kier molecular flexibility index (Phi) is 6.61. The second-order valence-electron chi connectivity index (χ2n) is 7.07. The molecule has 7 heteroatoms. The molecule has 0 spiro atoms. The highest BCUT2D eigenvalue weighted by atomic mass is 16.5. The van der Waals surface area contributed by atoms with Crippen molar-refractivity contribution in [2.24, 2.45) is 10.2 Å². The molecule has 0 atom stereocenters. The minimum Gasteiger partial charge on any atom is -0.469 e. The number of hydrogen-bond acceptors (Lipinski definition) is 5. The Balaban J connectivity index is 1.98. The normalized spacial score (nSPS) is 15.3. The summed E-state index contributed by atoms with van der Waals surface area (Å²) in [4.78, 5) is 27.1. The molecule has 2 aromatic rings. The molecule has 0 radical (unpaired) electrons. The fourth-order valence-electron chi connectivity index (χ4n) is 3.44. The quantitative estimate of drug-likeness (QED) is 0.498. The lowest BCUT2D eigenvalue weighted by molar-refractivity contribution is -0.140. The molecule has 1 amide bonds. The number of allylic oxidation sites excluding steroid dienone is 1. The van der Waals surface area contributed by atoms with Gasteiger partial charge in [-0.2, -0.15) is 0 Å². The maximum atomic E-state index is 12.1. The van der Waals surface area contributed by atoms with Gasteiger partial charge in [-0.25, -0.2) is 0 Å². The first-order chi connectivity index (χ1) is 14.4. The highest BCUT2D eigenvalue weighted by Gasteiger charge is 2.23. The van der Waals surface area contributed by atoms with E-state index in [1.165, 1.54) is 7.11 Å². The topological polar surface area (TPSA) is 95.9 Å². The number of ether oxygens (including phenoxy) is 1. The van der Waals surface area contributed by atoms with Gasteiger partial charge < -0.3 is 15.0 Å². The van der Waals surface area contributed by atoms with E-state index in [1.807, 2.05) is 57.2 Å². The largest absolute Gasteiger partial charge is 0.469 e. The van der Waals surface area contributed by atoms with Gasteiger partial charge in [-0.1, -0.05) is 25.1 Å². The van der Waals surface area contributed by atoms with Crippen molar-refractivity contribution < 1.29 is 14.3 Å². The third-order valence-electron chi connectivity index (χ3n) is 5.25. The van der Waals surface area contributed by atoms with Gasteiger partial charge in [-0.05, 0) is 56.0 Å². The number of aromatic nitrogens is 1. The van der Waals surface area contributed by atoms with Crippen LogP contribution in [0.1, 0.15) is 43.5 Å². The lowest BCUT2D eigenvalue weighted by Crippen LogP contribution is -2.16. The summed E-state index contributed by atoms with van der Waals surface area (Å²) < 4.78 is 4.78. The number of benzene rings is 1. The van der Waals surface area contributed by atoms with Gasteiger partial charge in [-0.3, -0.25) is 9.59 Å². The second kappa shape index (κ2) is 9.35. The minimum atomic E-state index is -0.282. The molecule has 0 aliphatic carbocycles. The molecule has 0 saturated carbocycles. The van der Waals surface area contributed by atoms with Crippen LogP contribution in [0.15, 0.2) is 57.4 Å². The van der Waals surface area contributed by atoms with E-state index in [4.69, 9.17) is 4.74 Å². The number of aromatic amines is 1. The molecule has 30 heavy (non-hydrogen) atoms. The summed E-state index contributed by atoms with van der Waals surface area (Å²) in [7, 11) is 1.38. The summed E-state index contributed by atoms with van der Waals surface area (Å²) in [6.07, 6.45) is 3.31. The smallest absolute Gasteiger partial charge is 0.305 e. The van der Waals surface area contributed by atoms with Gasteiger partial charge in [0.25, 0.3) is 5.91 Å². The number of esters is 1. The van der Waals surface area contributed by atoms with Gasteiger partial charge in [0.1, 0.15) is 0 Å². The fraction of sp³-hybridized carbons (Fsp3) is 0.304. The number of amides is 1. The van der Waals surface area contributed by atoms with Crippen LogP contribution in [0, 0.1) is 6.92 Å². The SMILES string of the molecule is CCC1=C(C)/C(=C\c2[nH]c(N=Nc3ccccc3)c(CCC(=O)OC)c2C)NC1=O. The number of nitrogens with one attached hydrogen (secondary N) is 2. The van der Waals surface area contributed by atoms with Crippen molar-refractivity contribution in [1.29, 1.82) is 0 Å². The number of hydrogen-bond donors (Lipinski definition) is 2. The standard InChI is InChI=1S/C23H26N4O3/c1-5-17-14(2)20(25-23(17)29)13-19-15(3)18(11-12-21(28)30-4)22(24-19)27-26-16-9-7-6-8-10-16/h6-10,13,24H,5,11-12H2,1-4H3,(H,25,29)/b20-13+,27-26?. The van der Waals surface area contributed by atoms with Crippen LogP contribution in [-0.4, -0.2) is 24.0 Å². The monoisotopic (exact) mass is 406 g/mol. The minimum absolute atomic E-state index is 0.0552. The summed E-state index contributed by atoms with van der Waals surface area (Å²) in [6, 6.07) is 9.44. The number of rotatable bonds is 7. The van der Waals surface area contributed by atoms with Gasteiger partial charge in [0.15, 0.2) is 5.82 Å². The van der Waals surface area contributed by atoms with E-state index < -0.39 is 0 Å². The Hall–Kier alpha value is -3.48. The highest BCUT2D eigenvalue weighted by Crippen LogP contribution is 2.31. The molecule has 3 rings (SSSR count). The van der Waals surface area contributed by atoms with Crippen LogP contribution in [0.25, 0.3) is 6.08 Å². The number of carbonyl (C=O) groups is 2. The summed E-state index contributed by atoms with van der Waals surface area (Å²) in [5.74, 6) is 0.255. The zero-order valence-corrected chi connectivity index (χ0v) is 17.7. The number of methoxy groups -OCH3 is 1. The van der Waals surface area contributed by atoms with Crippen molar-refractivity contribution in [3.63, 3.8) is 0 Å². The van der Waals surface area contributed by atoms with Crippen LogP contribution in [0.4, 0.5) is 11.5 Å². The van der Waals surface area contributed by atoms with Crippen LogP contribution in [-0.2, 0) is 20.7 Å². The molecule has 2 N–H and O–H groups in total. The first kappa shape index (κ1) is 21.2. The average Bonchev–Trinajstić information content (AvgIpc) is 3.20. The van der Waals surface area contributed by atoms with Crippen LogP contribution in [0.3, 0.4) is 0 Å². The molecule has 1 aromatic heterocycles. The zero-order valence-electron chi connectivity index (χ0n) is 17.7. The summed E-state index contributed by atoms with van der Waals surface area (Å²) in [5, 5.41) is 11.6. The van der Waals surface area contributed by atoms with Crippen LogP contribution in [0.2, 0.25) is 0 Å². The van der Waals surface area contributed by atoms with E-state index in [9.17, 15) is 9.59 Å². The van der Waals surface area contributed by atoms with E-state index in [0.29, 0.717) is 18.7 Å². The van der Waals surface area contributed by atoms with Gasteiger partial charge in [0.2, 0.25) is 0 Å². The molecule has 156 valence electrons. The van der Waals surface area contributed by atoms with Crippen molar-refractivity contribution in [2.75, 3.05) is 7.11 Å². The predicted octanol–water partition coefficient (Wildman–Crippen LogP) is 5.04. The Morgan fingerprint density at radius 1 is 1.17 bits per heavy atom. The molecule has 0 fully saturated rings. The third kappa shape index (κ3) is 4.56. The lowest BCUT2D eigenvalue weighted by Gasteiger charge is -2.02. The molecule has 0 saturated heterocycles. The van der Waals surface area contributed by atoms with E-state index in [-0.39, 0.29) is 18.3 Å². The molecule has 1 aromatic carbocycles. The van der Waals surface area contributed by atoms with Crippen molar-refractivity contribution >= 4 is 29.5 Å². The Morgan fingerprint density at radius 3 is 2.53 bits per heavy atom. The van der Waals surface area contributed by atoms with Crippen LogP contribution >= 0.6 is 0 Å². The number of carbonyl (C=O) groups excluding carboxylic acids is 2. The molecule has 2 heterocycles. The molecule has 1 aliphatic heterocycles. The van der Waals surface area contributed by atoms with Crippen molar-refractivity contribution in [1.82, 2.24) is 10.3 Å². The highest BCUT2D eigenvalue weighted by molar-refractivity contribution is 6.01. The zero-order chi connectivity index (χ0) is 21.7. The van der Waals surface area contributed by atoms with Crippen molar-refractivity contribution in [3.8, 4) is 0 Å². The maximum absolute atomic E-state index is 12.1. The summed E-state index contributed by atoms with van der Waals surface area (Å²) in [6.45, 7) is 5.87. The van der Waals surface area contributed by atoms with E-state index in [1.54, 1.807) is 0 Å². The average molecular weight is 406 g/mol. The maximum Gasteiger partial charge on any atom is 0.305 e. The Morgan fingerprint density at radius 2 is 1.90 bits per heavy atom. The predicted molar refractivity (Wildman–Crippen MR) is 116 cm³/mol. The van der Waals surface area contributed by atoms with Crippen molar-refractivity contribution in [3.05, 3.63) is 64.0 Å². The molecular formula is C23H26N4O3.